The summed E-state index contributed by atoms with van der Waals surface area (Å²) in [6.07, 6.45) is -1.94. The Balaban J connectivity index is 1.91. The molecule has 25 heavy (non-hydrogen) atoms. The summed E-state index contributed by atoms with van der Waals surface area (Å²) in [7, 11) is 0. The van der Waals surface area contributed by atoms with Gasteiger partial charge in [-0.15, -0.1) is 0 Å². The van der Waals surface area contributed by atoms with E-state index in [1.165, 1.54) is 6.20 Å². The average Bonchev–Trinajstić information content (AvgIpc) is 2.96. The molecular weight excluding hydrogens is 338 g/mol. The van der Waals surface area contributed by atoms with Crippen LogP contribution in [0.4, 0.5) is 23.2 Å². The first-order chi connectivity index (χ1) is 11.7. The maximum atomic E-state index is 13.8. The summed E-state index contributed by atoms with van der Waals surface area (Å²) in [6, 6.07) is 1.89. The summed E-state index contributed by atoms with van der Waals surface area (Å²) in [5.74, 6) is -1.62. The lowest BCUT2D eigenvalue weighted by Crippen LogP contribution is -2.18. The molecule has 0 atom stereocenters. The van der Waals surface area contributed by atoms with Crippen molar-refractivity contribution < 1.29 is 22.4 Å². The van der Waals surface area contributed by atoms with E-state index < -0.39 is 29.2 Å². The minimum Gasteiger partial charge on any atom is -0.319 e. The smallest absolute Gasteiger partial charge is 0.319 e. The molecule has 2 aromatic rings. The van der Waals surface area contributed by atoms with Gasteiger partial charge in [0.05, 0.1) is 28.7 Å². The number of aromatic nitrogens is 2. The van der Waals surface area contributed by atoms with E-state index in [9.17, 15) is 22.4 Å². The zero-order valence-electron chi connectivity index (χ0n) is 13.5. The molecule has 0 radical (unpaired) electrons. The van der Waals surface area contributed by atoms with Crippen molar-refractivity contribution in [1.82, 2.24) is 9.78 Å². The standard InChI is InChI=1S/C17H15F4N3O/c1-9-3-6-15-12(8-22-24(15)10(9)2)16(25)23-14-7-11(17(19,20)21)4-5-13(14)18/h4-5,7-8H,3,6H2,1-2H3,(H,23,25). The van der Waals surface area contributed by atoms with Gasteiger partial charge in [-0.05, 0) is 44.9 Å². The minimum absolute atomic E-state index is 0.226. The number of alkyl halides is 3. The lowest BCUT2D eigenvalue weighted by Gasteiger charge is -2.18. The molecule has 2 heterocycles. The van der Waals surface area contributed by atoms with E-state index in [-0.39, 0.29) is 5.56 Å². The van der Waals surface area contributed by atoms with Crippen LogP contribution < -0.4 is 5.32 Å². The Morgan fingerprint density at radius 2 is 1.96 bits per heavy atom. The van der Waals surface area contributed by atoms with Crippen molar-refractivity contribution in [2.24, 2.45) is 0 Å². The van der Waals surface area contributed by atoms with Crippen LogP contribution in [0.2, 0.25) is 0 Å². The molecule has 132 valence electrons. The maximum Gasteiger partial charge on any atom is 0.416 e. The van der Waals surface area contributed by atoms with Gasteiger partial charge < -0.3 is 5.32 Å². The minimum atomic E-state index is -4.62. The lowest BCUT2D eigenvalue weighted by molar-refractivity contribution is -0.137. The van der Waals surface area contributed by atoms with Gasteiger partial charge in [0, 0.05) is 5.70 Å². The van der Waals surface area contributed by atoms with E-state index >= 15 is 0 Å². The number of benzene rings is 1. The zero-order chi connectivity index (χ0) is 18.4. The first-order valence-corrected chi connectivity index (χ1v) is 7.60. The van der Waals surface area contributed by atoms with Gasteiger partial charge in [0.2, 0.25) is 0 Å². The summed E-state index contributed by atoms with van der Waals surface area (Å²) >= 11 is 0. The molecule has 1 aromatic heterocycles. The molecule has 0 spiro atoms. The molecule has 0 saturated heterocycles. The van der Waals surface area contributed by atoms with Gasteiger partial charge in [-0.2, -0.15) is 18.3 Å². The molecule has 0 saturated carbocycles. The summed E-state index contributed by atoms with van der Waals surface area (Å²) in [6.45, 7) is 3.84. The Morgan fingerprint density at radius 1 is 1.24 bits per heavy atom. The number of hydrogen-bond donors (Lipinski definition) is 1. The first-order valence-electron chi connectivity index (χ1n) is 7.60. The Labute approximate surface area is 141 Å². The highest BCUT2D eigenvalue weighted by atomic mass is 19.4. The maximum absolute atomic E-state index is 13.8. The largest absolute Gasteiger partial charge is 0.416 e. The molecule has 1 aliphatic rings. The van der Waals surface area contributed by atoms with Crippen LogP contribution in [0, 0.1) is 5.82 Å². The number of carbonyl (C=O) groups excluding carboxylic acids is 1. The van der Waals surface area contributed by atoms with Crippen LogP contribution in [-0.2, 0) is 12.6 Å². The van der Waals surface area contributed by atoms with E-state index in [4.69, 9.17) is 0 Å². The number of halogens is 4. The van der Waals surface area contributed by atoms with Crippen molar-refractivity contribution >= 4 is 17.3 Å². The number of nitrogens with one attached hydrogen (secondary N) is 1. The molecule has 8 heteroatoms. The van der Waals surface area contributed by atoms with Crippen LogP contribution >= 0.6 is 0 Å². The van der Waals surface area contributed by atoms with E-state index in [1.54, 1.807) is 4.68 Å². The molecule has 1 aliphatic heterocycles. The molecular formula is C17H15F4N3O. The number of rotatable bonds is 2. The fourth-order valence-corrected chi connectivity index (χ4v) is 2.75. The average molecular weight is 353 g/mol. The third-order valence-electron chi connectivity index (χ3n) is 4.33. The molecule has 0 bridgehead atoms. The van der Waals surface area contributed by atoms with Gasteiger partial charge in [0.25, 0.3) is 5.91 Å². The monoisotopic (exact) mass is 353 g/mol. The predicted molar refractivity (Wildman–Crippen MR) is 84.5 cm³/mol. The van der Waals surface area contributed by atoms with Crippen LogP contribution in [0.25, 0.3) is 5.70 Å². The highest BCUT2D eigenvalue weighted by Gasteiger charge is 2.31. The molecule has 4 nitrogen and oxygen atoms in total. The lowest BCUT2D eigenvalue weighted by atomic mass is 10.0. The highest BCUT2D eigenvalue weighted by molar-refractivity contribution is 6.05. The molecule has 0 aliphatic carbocycles. The Kier molecular flexibility index (Phi) is 4.14. The van der Waals surface area contributed by atoms with Crippen molar-refractivity contribution in [3.8, 4) is 0 Å². The quantitative estimate of drug-likeness (QED) is 0.809. The number of anilines is 1. The summed E-state index contributed by atoms with van der Waals surface area (Å²) in [5.41, 5.74) is 1.39. The number of hydrogen-bond acceptors (Lipinski definition) is 2. The van der Waals surface area contributed by atoms with Gasteiger partial charge in [0.1, 0.15) is 5.82 Å². The normalized spacial score (nSPS) is 14.5. The molecule has 1 aromatic carbocycles. The van der Waals surface area contributed by atoms with E-state index in [0.717, 1.165) is 17.7 Å². The van der Waals surface area contributed by atoms with Crippen molar-refractivity contribution in [2.75, 3.05) is 5.32 Å². The Hall–Kier alpha value is -2.64. The van der Waals surface area contributed by atoms with E-state index in [2.05, 4.69) is 10.4 Å². The van der Waals surface area contributed by atoms with Crippen LogP contribution in [0.5, 0.6) is 0 Å². The number of fused-ring (bicyclic) bond motifs is 1. The van der Waals surface area contributed by atoms with Crippen molar-refractivity contribution in [1.29, 1.82) is 0 Å². The van der Waals surface area contributed by atoms with Gasteiger partial charge in [-0.3, -0.25) is 4.79 Å². The number of amides is 1. The van der Waals surface area contributed by atoms with Crippen molar-refractivity contribution in [2.45, 2.75) is 32.9 Å². The van der Waals surface area contributed by atoms with Gasteiger partial charge >= 0.3 is 6.18 Å². The third-order valence-corrected chi connectivity index (χ3v) is 4.33. The molecule has 1 amide bonds. The topological polar surface area (TPSA) is 46.9 Å². The van der Waals surface area contributed by atoms with E-state index in [0.29, 0.717) is 30.3 Å². The van der Waals surface area contributed by atoms with Crippen LogP contribution in [0.15, 0.2) is 30.0 Å². The molecule has 0 unspecified atom stereocenters. The fourth-order valence-electron chi connectivity index (χ4n) is 2.75. The van der Waals surface area contributed by atoms with Gasteiger partial charge in [0.15, 0.2) is 0 Å². The Bertz CT molecular complexity index is 881. The van der Waals surface area contributed by atoms with Crippen LogP contribution in [0.1, 0.15) is 41.9 Å². The van der Waals surface area contributed by atoms with Crippen LogP contribution in [0.3, 0.4) is 0 Å². The SMILES string of the molecule is CC1=C(C)n2ncc(C(=O)Nc3cc(C(F)(F)F)ccc3F)c2CC1. The number of carbonyl (C=O) groups is 1. The molecule has 0 fully saturated rings. The van der Waals surface area contributed by atoms with Crippen molar-refractivity contribution in [3.63, 3.8) is 0 Å². The van der Waals surface area contributed by atoms with Crippen LogP contribution in [-0.4, -0.2) is 15.7 Å². The fraction of sp³-hybridized carbons (Fsp3) is 0.294. The zero-order valence-corrected chi connectivity index (χ0v) is 13.5. The third kappa shape index (κ3) is 3.16. The second kappa shape index (κ2) is 6.02. The molecule has 3 rings (SSSR count). The second-order valence-electron chi connectivity index (χ2n) is 5.93. The highest BCUT2D eigenvalue weighted by Crippen LogP contribution is 2.32. The summed E-state index contributed by atoms with van der Waals surface area (Å²) in [4.78, 5) is 12.4. The van der Waals surface area contributed by atoms with E-state index in [1.807, 2.05) is 13.8 Å². The van der Waals surface area contributed by atoms with Crippen molar-refractivity contribution in [3.05, 3.63) is 52.6 Å². The number of nitrogens with zero attached hydrogens (tertiary/aromatic N) is 2. The molecule has 1 N–H and O–H groups in total. The predicted octanol–water partition coefficient (Wildman–Crippen LogP) is 4.49. The Morgan fingerprint density at radius 3 is 2.64 bits per heavy atom. The second-order valence-corrected chi connectivity index (χ2v) is 5.93. The number of allylic oxidation sites excluding steroid dienone is 2. The van der Waals surface area contributed by atoms with Gasteiger partial charge in [-0.25, -0.2) is 9.07 Å². The first kappa shape index (κ1) is 17.2. The summed E-state index contributed by atoms with van der Waals surface area (Å²) < 4.78 is 53.7. The van der Waals surface area contributed by atoms with Gasteiger partial charge in [-0.1, -0.05) is 5.57 Å². The summed E-state index contributed by atoms with van der Waals surface area (Å²) in [5, 5.41) is 6.37.